The number of carboxylic acids is 1. The molecule has 47 heavy (non-hydrogen) atoms. The third-order valence-corrected chi connectivity index (χ3v) is 10.2. The quantitative estimate of drug-likeness (QED) is 0.145. The third-order valence-electron chi connectivity index (χ3n) is 9.33. The van der Waals surface area contributed by atoms with Crippen LogP contribution < -0.4 is 14.8 Å². The minimum atomic E-state index is -1.39. The summed E-state index contributed by atoms with van der Waals surface area (Å²) in [6.45, 7) is 12.2. The lowest BCUT2D eigenvalue weighted by Gasteiger charge is -2.25. The highest BCUT2D eigenvalue weighted by Gasteiger charge is 2.61. The molecular formula is C36H44N4O6S. The van der Waals surface area contributed by atoms with Gasteiger partial charge >= 0.3 is 5.97 Å². The van der Waals surface area contributed by atoms with Crippen molar-refractivity contribution in [2.75, 3.05) is 20.7 Å². The van der Waals surface area contributed by atoms with Crippen LogP contribution in [0.25, 0.3) is 21.6 Å². The number of fused-ring (bicyclic) bond motifs is 1. The first-order chi connectivity index (χ1) is 22.5. The molecule has 2 amide bonds. The minimum absolute atomic E-state index is 0.149. The van der Waals surface area contributed by atoms with Gasteiger partial charge in [-0.1, -0.05) is 26.0 Å². The number of carbonyl (C=O) groups is 3. The van der Waals surface area contributed by atoms with Crippen LogP contribution in [-0.2, 0) is 14.4 Å². The number of benzene rings is 1. The molecule has 250 valence electrons. The van der Waals surface area contributed by atoms with E-state index in [1.807, 2.05) is 35.7 Å². The zero-order chi connectivity index (χ0) is 33.9. The Hall–Kier alpha value is -4.25. The molecule has 2 heterocycles. The van der Waals surface area contributed by atoms with Crippen molar-refractivity contribution in [3.63, 3.8) is 0 Å². The van der Waals surface area contributed by atoms with Crippen LogP contribution in [0.2, 0.25) is 0 Å². The monoisotopic (exact) mass is 660 g/mol. The minimum Gasteiger partial charge on any atom is -0.497 e. The molecule has 10 nitrogen and oxygen atoms in total. The maximum Gasteiger partial charge on any atom is 0.330 e. The number of aliphatic carboxylic acids is 1. The molecule has 2 aliphatic carbocycles. The number of amides is 2. The summed E-state index contributed by atoms with van der Waals surface area (Å²) in [4.78, 5) is 51.2. The third kappa shape index (κ3) is 7.20. The highest BCUT2D eigenvalue weighted by molar-refractivity contribution is 7.13. The van der Waals surface area contributed by atoms with Gasteiger partial charge in [0, 0.05) is 42.4 Å². The van der Waals surface area contributed by atoms with E-state index in [1.165, 1.54) is 11.3 Å². The number of hydrogen-bond donors (Lipinski definition) is 2. The zero-order valence-corrected chi connectivity index (χ0v) is 28.3. The van der Waals surface area contributed by atoms with E-state index in [1.54, 1.807) is 25.1 Å². The normalized spacial score (nSPS) is 23.3. The highest BCUT2D eigenvalue weighted by atomic mass is 32.1. The van der Waals surface area contributed by atoms with E-state index in [-0.39, 0.29) is 30.6 Å². The smallest absolute Gasteiger partial charge is 0.330 e. The summed E-state index contributed by atoms with van der Waals surface area (Å²) in [6, 6.07) is 7.44. The van der Waals surface area contributed by atoms with Gasteiger partial charge in [-0.2, -0.15) is 0 Å². The fourth-order valence-corrected chi connectivity index (χ4v) is 7.31. The number of carbonyl (C=O) groups excluding carboxylic acids is 2. The molecule has 2 fully saturated rings. The van der Waals surface area contributed by atoms with Crippen LogP contribution in [0.15, 0.2) is 55.0 Å². The van der Waals surface area contributed by atoms with Crippen molar-refractivity contribution in [1.82, 2.24) is 20.2 Å². The Balaban J connectivity index is 1.45. The van der Waals surface area contributed by atoms with Gasteiger partial charge in [0.05, 0.1) is 30.2 Å². The number of unbranched alkanes of at least 4 members (excludes halogenated alkanes) is 2. The first kappa shape index (κ1) is 34.1. The van der Waals surface area contributed by atoms with Gasteiger partial charge in [0.25, 0.3) is 0 Å². The predicted octanol–water partition coefficient (Wildman–Crippen LogP) is 6.22. The zero-order valence-electron chi connectivity index (χ0n) is 27.5. The van der Waals surface area contributed by atoms with E-state index < -0.39 is 35.4 Å². The summed E-state index contributed by atoms with van der Waals surface area (Å²) in [7, 11) is 3.35. The number of carboxylic acid groups (broad SMARTS) is 1. The van der Waals surface area contributed by atoms with E-state index in [4.69, 9.17) is 19.4 Å². The Labute approximate surface area is 279 Å². The summed E-state index contributed by atoms with van der Waals surface area (Å²) in [5, 5.41) is 16.3. The molecule has 0 saturated heterocycles. The van der Waals surface area contributed by atoms with Crippen molar-refractivity contribution >= 4 is 40.0 Å². The maximum atomic E-state index is 13.8. The molecule has 3 aromatic rings. The molecule has 11 heteroatoms. The second-order valence-corrected chi connectivity index (χ2v) is 13.8. The van der Waals surface area contributed by atoms with Crippen LogP contribution in [0.3, 0.4) is 0 Å². The number of nitrogens with one attached hydrogen (secondary N) is 1. The number of ether oxygens (including phenoxy) is 2. The van der Waals surface area contributed by atoms with Gasteiger partial charge in [-0.3, -0.25) is 9.59 Å². The first-order valence-electron chi connectivity index (χ1n) is 16.2. The second kappa shape index (κ2) is 14.3. The lowest BCUT2D eigenvalue weighted by Crippen LogP contribution is -2.49. The SMILES string of the molecule is C=CCCCCN(C)C(=O)C1CC(Oc2cc(-c3nc(C(C)C)cs3)nc3cc(OC)ccc23)CC1C(=O)NC1(C(=O)O)CC1C=C. The molecule has 0 bridgehead atoms. The largest absolute Gasteiger partial charge is 0.497 e. The van der Waals surface area contributed by atoms with E-state index >= 15 is 0 Å². The van der Waals surface area contributed by atoms with E-state index in [2.05, 4.69) is 32.3 Å². The summed E-state index contributed by atoms with van der Waals surface area (Å²) < 4.78 is 12.1. The Morgan fingerprint density at radius 2 is 1.94 bits per heavy atom. The molecule has 5 rings (SSSR count). The molecule has 5 atom stereocenters. The van der Waals surface area contributed by atoms with Gasteiger partial charge in [-0.05, 0) is 56.6 Å². The van der Waals surface area contributed by atoms with Gasteiger partial charge in [-0.15, -0.1) is 24.5 Å². The Morgan fingerprint density at radius 1 is 1.17 bits per heavy atom. The number of rotatable bonds is 15. The van der Waals surface area contributed by atoms with Crippen LogP contribution >= 0.6 is 11.3 Å². The summed E-state index contributed by atoms with van der Waals surface area (Å²) in [6.07, 6.45) is 6.36. The van der Waals surface area contributed by atoms with Gasteiger partial charge in [0.1, 0.15) is 33.8 Å². The average molecular weight is 661 g/mol. The molecule has 0 spiro atoms. The molecule has 2 saturated carbocycles. The van der Waals surface area contributed by atoms with Crippen LogP contribution in [0.1, 0.15) is 64.0 Å². The van der Waals surface area contributed by atoms with Crippen molar-refractivity contribution in [3.05, 3.63) is 60.6 Å². The fraction of sp³-hybridized carbons (Fsp3) is 0.472. The molecule has 0 aliphatic heterocycles. The number of allylic oxidation sites excluding steroid dienone is 1. The van der Waals surface area contributed by atoms with Crippen molar-refractivity contribution in [2.45, 2.75) is 69.9 Å². The highest BCUT2D eigenvalue weighted by Crippen LogP contribution is 2.46. The van der Waals surface area contributed by atoms with E-state index in [0.29, 0.717) is 35.7 Å². The van der Waals surface area contributed by atoms with Crippen LogP contribution in [0, 0.1) is 17.8 Å². The van der Waals surface area contributed by atoms with Gasteiger partial charge in [0.15, 0.2) is 0 Å². The van der Waals surface area contributed by atoms with Gasteiger partial charge < -0.3 is 24.8 Å². The Kier molecular flexibility index (Phi) is 10.3. The van der Waals surface area contributed by atoms with Gasteiger partial charge in [-0.25, -0.2) is 14.8 Å². The van der Waals surface area contributed by atoms with Crippen molar-refractivity contribution in [2.24, 2.45) is 17.8 Å². The average Bonchev–Trinajstić information content (AvgIpc) is 3.36. The lowest BCUT2D eigenvalue weighted by atomic mass is 9.93. The van der Waals surface area contributed by atoms with Crippen molar-refractivity contribution < 1.29 is 29.0 Å². The maximum absolute atomic E-state index is 13.8. The molecular weight excluding hydrogens is 616 g/mol. The molecule has 2 aliphatic rings. The number of thiazole rings is 1. The van der Waals surface area contributed by atoms with Crippen molar-refractivity contribution in [3.8, 4) is 22.2 Å². The molecule has 2 N–H and O–H groups in total. The second-order valence-electron chi connectivity index (χ2n) is 12.9. The topological polar surface area (TPSA) is 131 Å². The number of aromatic nitrogens is 2. The summed E-state index contributed by atoms with van der Waals surface area (Å²) >= 11 is 1.51. The Bertz CT molecular complexity index is 1670. The van der Waals surface area contributed by atoms with Crippen molar-refractivity contribution in [1.29, 1.82) is 0 Å². The van der Waals surface area contributed by atoms with Crippen LogP contribution in [0.5, 0.6) is 11.5 Å². The molecule has 1 aromatic carbocycles. The predicted molar refractivity (Wildman–Crippen MR) is 183 cm³/mol. The number of pyridine rings is 1. The number of hydrogen-bond acceptors (Lipinski definition) is 8. The van der Waals surface area contributed by atoms with Gasteiger partial charge in [0.2, 0.25) is 11.8 Å². The number of nitrogens with zero attached hydrogens (tertiary/aromatic N) is 3. The molecule has 0 radical (unpaired) electrons. The van der Waals surface area contributed by atoms with E-state index in [0.717, 1.165) is 35.4 Å². The number of methoxy groups -OCH3 is 1. The Morgan fingerprint density at radius 3 is 2.57 bits per heavy atom. The lowest BCUT2D eigenvalue weighted by molar-refractivity contribution is -0.145. The van der Waals surface area contributed by atoms with E-state index in [9.17, 15) is 19.5 Å². The molecule has 2 aromatic heterocycles. The first-order valence-corrected chi connectivity index (χ1v) is 17.0. The fourth-order valence-electron chi connectivity index (χ4n) is 6.37. The van der Waals surface area contributed by atoms with Crippen LogP contribution in [0.4, 0.5) is 0 Å². The van der Waals surface area contributed by atoms with Crippen LogP contribution in [-0.4, -0.2) is 70.1 Å². The standard InChI is InChI=1S/C36H44N4O6S/c1-7-9-10-11-14-40(5)34(42)27-16-24(15-26(27)32(41)39-36(35(43)44)19-22(36)8-2)46-31-18-29(33-38-30(20-47-33)21(3)4)37-28-17-23(45-6)12-13-25(28)31/h7-8,12-13,17-18,20-22,24,26-27H,1-2,9-11,14-16,19H2,3-6H3,(H,39,41)(H,43,44). The molecule has 5 unspecified atom stereocenters. The summed E-state index contributed by atoms with van der Waals surface area (Å²) in [5.74, 6) is -2.00. The summed E-state index contributed by atoms with van der Waals surface area (Å²) in [5.41, 5.74) is 0.919.